The van der Waals surface area contributed by atoms with Crippen LogP contribution in [-0.4, -0.2) is 55.1 Å². The number of hydrogen-bond acceptors (Lipinski definition) is 3. The van der Waals surface area contributed by atoms with Gasteiger partial charge >= 0.3 is 0 Å². The summed E-state index contributed by atoms with van der Waals surface area (Å²) in [5.74, 6) is 0. The average Bonchev–Trinajstić information content (AvgIpc) is 2.62. The van der Waals surface area contributed by atoms with E-state index in [2.05, 4.69) is 16.8 Å². The second-order valence-corrected chi connectivity index (χ2v) is 7.69. The fourth-order valence-corrected chi connectivity index (χ4v) is 4.90. The summed E-state index contributed by atoms with van der Waals surface area (Å²) in [6.07, 6.45) is 12.6. The van der Waals surface area contributed by atoms with E-state index in [0.29, 0.717) is 5.41 Å². The Morgan fingerprint density at radius 1 is 1.00 bits per heavy atom. The van der Waals surface area contributed by atoms with Gasteiger partial charge in [0.1, 0.15) is 0 Å². The molecule has 2 heterocycles. The zero-order valence-electron chi connectivity index (χ0n) is 13.3. The maximum absolute atomic E-state index is 6.23. The quantitative estimate of drug-likeness (QED) is 0.806. The molecule has 3 rings (SSSR count). The van der Waals surface area contributed by atoms with Crippen LogP contribution in [0.1, 0.15) is 57.8 Å². The maximum atomic E-state index is 6.23. The molecule has 2 atom stereocenters. The largest absolute Gasteiger partial charge is 0.330 e. The molecule has 2 saturated heterocycles. The minimum Gasteiger partial charge on any atom is -0.330 e. The summed E-state index contributed by atoms with van der Waals surface area (Å²) in [7, 11) is 2.34. The van der Waals surface area contributed by atoms with Crippen LogP contribution in [0.2, 0.25) is 0 Å². The van der Waals surface area contributed by atoms with Gasteiger partial charge in [0.15, 0.2) is 0 Å². The first kappa shape index (κ1) is 14.8. The van der Waals surface area contributed by atoms with Gasteiger partial charge in [-0.25, -0.2) is 0 Å². The minimum absolute atomic E-state index is 0.429. The Morgan fingerprint density at radius 2 is 1.70 bits per heavy atom. The van der Waals surface area contributed by atoms with Gasteiger partial charge in [-0.2, -0.15) is 0 Å². The molecule has 0 amide bonds. The lowest BCUT2D eigenvalue weighted by molar-refractivity contribution is 0.125. The van der Waals surface area contributed by atoms with Gasteiger partial charge in [-0.3, -0.25) is 4.90 Å². The fourth-order valence-electron chi connectivity index (χ4n) is 4.90. The lowest BCUT2D eigenvalue weighted by Gasteiger charge is -2.38. The number of hydrogen-bond donors (Lipinski definition) is 1. The second-order valence-electron chi connectivity index (χ2n) is 7.69. The Morgan fingerprint density at radius 3 is 2.40 bits per heavy atom. The van der Waals surface area contributed by atoms with Crippen LogP contribution in [0.15, 0.2) is 0 Å². The highest BCUT2D eigenvalue weighted by Crippen LogP contribution is 2.36. The summed E-state index contributed by atoms with van der Waals surface area (Å²) < 4.78 is 0. The third-order valence-corrected chi connectivity index (χ3v) is 6.39. The SMILES string of the molecule is CN1C2CCC1CN(CC1(CN)CCCCCC1)CC2. The zero-order valence-corrected chi connectivity index (χ0v) is 13.3. The summed E-state index contributed by atoms with van der Waals surface area (Å²) in [4.78, 5) is 5.42. The standard InChI is InChI=1S/C17H33N3/c1-19-15-6-7-16(19)12-20(11-8-15)14-17(13-18)9-4-2-3-5-10-17/h15-16H,2-14,18H2,1H3. The highest BCUT2D eigenvalue weighted by molar-refractivity contribution is 4.94. The number of likely N-dealkylation sites (N-methyl/N-ethyl adjacent to an activating group) is 1. The Balaban J connectivity index is 1.63. The number of nitrogens with zero attached hydrogens (tertiary/aromatic N) is 2. The molecule has 0 spiro atoms. The Hall–Kier alpha value is -0.120. The molecule has 3 fully saturated rings. The van der Waals surface area contributed by atoms with Gasteiger partial charge in [0.05, 0.1) is 0 Å². The van der Waals surface area contributed by atoms with E-state index >= 15 is 0 Å². The fraction of sp³-hybridized carbons (Fsp3) is 1.00. The molecule has 0 aromatic carbocycles. The van der Waals surface area contributed by atoms with E-state index in [1.54, 1.807) is 0 Å². The Labute approximate surface area is 124 Å². The monoisotopic (exact) mass is 279 g/mol. The smallest absolute Gasteiger partial charge is 0.0223 e. The van der Waals surface area contributed by atoms with Gasteiger partial charge in [-0.15, -0.1) is 0 Å². The van der Waals surface area contributed by atoms with Crippen molar-refractivity contribution in [3.8, 4) is 0 Å². The molecule has 116 valence electrons. The Kier molecular flexibility index (Phi) is 4.68. The molecule has 0 aromatic rings. The van der Waals surface area contributed by atoms with Crippen molar-refractivity contribution in [2.75, 3.05) is 33.2 Å². The van der Waals surface area contributed by atoms with Gasteiger partial charge in [-0.05, 0) is 57.7 Å². The highest BCUT2D eigenvalue weighted by atomic mass is 15.3. The predicted octanol–water partition coefficient (Wildman–Crippen LogP) is 2.45. The van der Waals surface area contributed by atoms with Crippen molar-refractivity contribution in [2.45, 2.75) is 69.9 Å². The molecule has 20 heavy (non-hydrogen) atoms. The van der Waals surface area contributed by atoms with E-state index in [9.17, 15) is 0 Å². The zero-order chi connectivity index (χ0) is 14.0. The van der Waals surface area contributed by atoms with Crippen molar-refractivity contribution in [2.24, 2.45) is 11.1 Å². The normalized spacial score (nSPS) is 35.7. The van der Waals surface area contributed by atoms with Crippen molar-refractivity contribution in [3.63, 3.8) is 0 Å². The van der Waals surface area contributed by atoms with E-state index in [0.717, 1.165) is 18.6 Å². The number of fused-ring (bicyclic) bond motifs is 2. The molecular formula is C17H33N3. The van der Waals surface area contributed by atoms with Gasteiger partial charge in [0.25, 0.3) is 0 Å². The highest BCUT2D eigenvalue weighted by Gasteiger charge is 2.38. The summed E-state index contributed by atoms with van der Waals surface area (Å²) >= 11 is 0. The molecule has 1 aliphatic carbocycles. The summed E-state index contributed by atoms with van der Waals surface area (Å²) in [6.45, 7) is 4.75. The maximum Gasteiger partial charge on any atom is 0.0223 e. The Bertz CT molecular complexity index is 309. The molecule has 0 radical (unpaired) electrons. The van der Waals surface area contributed by atoms with Gasteiger partial charge < -0.3 is 10.6 Å². The average molecular weight is 279 g/mol. The molecule has 3 nitrogen and oxygen atoms in total. The van der Waals surface area contributed by atoms with Crippen LogP contribution in [0, 0.1) is 5.41 Å². The second kappa shape index (κ2) is 6.33. The number of rotatable bonds is 3. The molecule has 0 aromatic heterocycles. The molecule has 2 aliphatic heterocycles. The van der Waals surface area contributed by atoms with Crippen LogP contribution in [0.5, 0.6) is 0 Å². The van der Waals surface area contributed by atoms with Crippen LogP contribution in [0.3, 0.4) is 0 Å². The molecule has 2 N–H and O–H groups in total. The lowest BCUT2D eigenvalue weighted by Crippen LogP contribution is -2.45. The van der Waals surface area contributed by atoms with Gasteiger partial charge in [0.2, 0.25) is 0 Å². The summed E-state index contributed by atoms with van der Waals surface area (Å²) in [5, 5.41) is 0. The van der Waals surface area contributed by atoms with Gasteiger partial charge in [-0.1, -0.05) is 25.7 Å². The molecule has 2 unspecified atom stereocenters. The molecule has 3 heteroatoms. The summed E-state index contributed by atoms with van der Waals surface area (Å²) in [5.41, 5.74) is 6.66. The first-order valence-electron chi connectivity index (χ1n) is 8.87. The van der Waals surface area contributed by atoms with Crippen LogP contribution in [-0.2, 0) is 0 Å². The predicted molar refractivity (Wildman–Crippen MR) is 84.8 cm³/mol. The van der Waals surface area contributed by atoms with Gasteiger partial charge in [0, 0.05) is 25.2 Å². The van der Waals surface area contributed by atoms with Crippen molar-refractivity contribution in [3.05, 3.63) is 0 Å². The third kappa shape index (κ3) is 3.05. The number of nitrogens with two attached hydrogens (primary N) is 1. The first-order valence-corrected chi connectivity index (χ1v) is 8.87. The first-order chi connectivity index (χ1) is 9.72. The van der Waals surface area contributed by atoms with E-state index in [4.69, 9.17) is 5.73 Å². The third-order valence-electron chi connectivity index (χ3n) is 6.39. The van der Waals surface area contributed by atoms with Crippen molar-refractivity contribution in [1.29, 1.82) is 0 Å². The van der Waals surface area contributed by atoms with Crippen molar-refractivity contribution < 1.29 is 0 Å². The van der Waals surface area contributed by atoms with Crippen LogP contribution >= 0.6 is 0 Å². The van der Waals surface area contributed by atoms with E-state index in [-0.39, 0.29) is 0 Å². The van der Waals surface area contributed by atoms with E-state index in [1.807, 2.05) is 0 Å². The topological polar surface area (TPSA) is 32.5 Å². The number of likely N-dealkylation sites (tertiary alicyclic amines) is 1. The van der Waals surface area contributed by atoms with Crippen molar-refractivity contribution in [1.82, 2.24) is 9.80 Å². The molecule has 1 saturated carbocycles. The molecular weight excluding hydrogens is 246 g/mol. The lowest BCUT2D eigenvalue weighted by atomic mass is 9.79. The minimum atomic E-state index is 0.429. The van der Waals surface area contributed by atoms with E-state index in [1.165, 1.54) is 77.4 Å². The van der Waals surface area contributed by atoms with Crippen LogP contribution in [0.25, 0.3) is 0 Å². The molecule has 3 aliphatic rings. The van der Waals surface area contributed by atoms with E-state index < -0.39 is 0 Å². The van der Waals surface area contributed by atoms with Crippen LogP contribution < -0.4 is 5.73 Å². The van der Waals surface area contributed by atoms with Crippen LogP contribution in [0.4, 0.5) is 0 Å². The summed E-state index contributed by atoms with van der Waals surface area (Å²) in [6, 6.07) is 1.66. The van der Waals surface area contributed by atoms with Crippen molar-refractivity contribution >= 4 is 0 Å². The molecule has 2 bridgehead atoms.